The number of benzene rings is 1. The van der Waals surface area contributed by atoms with Crippen molar-refractivity contribution < 1.29 is 14.0 Å². The van der Waals surface area contributed by atoms with Crippen LogP contribution in [-0.4, -0.2) is 36.8 Å². The van der Waals surface area contributed by atoms with E-state index in [4.69, 9.17) is 4.52 Å². The Morgan fingerprint density at radius 2 is 1.96 bits per heavy atom. The zero-order chi connectivity index (χ0) is 18.8. The molecule has 0 spiro atoms. The Labute approximate surface area is 153 Å². The zero-order valence-corrected chi connectivity index (χ0v) is 14.3. The van der Waals surface area contributed by atoms with Crippen molar-refractivity contribution in [1.82, 2.24) is 25.1 Å². The molecule has 9 heteroatoms. The van der Waals surface area contributed by atoms with Crippen molar-refractivity contribution in [3.05, 3.63) is 60.4 Å². The van der Waals surface area contributed by atoms with Crippen LogP contribution in [0.15, 0.2) is 47.4 Å². The molecular weight excluding hydrogens is 351 g/mol. The minimum Gasteiger partial charge on any atom is -0.394 e. The van der Waals surface area contributed by atoms with E-state index < -0.39 is 6.04 Å². The summed E-state index contributed by atoms with van der Waals surface area (Å²) in [5.74, 6) is 0.889. The van der Waals surface area contributed by atoms with Crippen LogP contribution < -0.4 is 5.32 Å². The molecule has 136 valence electrons. The molecule has 2 N–H and O–H groups in total. The summed E-state index contributed by atoms with van der Waals surface area (Å²) in [4.78, 5) is 16.9. The van der Waals surface area contributed by atoms with Crippen LogP contribution in [0.5, 0.6) is 0 Å². The van der Waals surface area contributed by atoms with E-state index in [0.29, 0.717) is 28.6 Å². The summed E-state index contributed by atoms with van der Waals surface area (Å²) in [5.41, 5.74) is 2.09. The smallest absolute Gasteiger partial charge is 0.223 e. The molecule has 8 nitrogen and oxygen atoms in total. The van der Waals surface area contributed by atoms with Gasteiger partial charge in [-0.15, -0.1) is 0 Å². The fourth-order valence-electron chi connectivity index (χ4n) is 2.67. The molecule has 0 bridgehead atoms. The topological polar surface area (TPSA) is 110 Å². The van der Waals surface area contributed by atoms with E-state index in [1.54, 1.807) is 25.3 Å². The van der Waals surface area contributed by atoms with Crippen molar-refractivity contribution in [1.29, 1.82) is 0 Å². The molecule has 27 heavy (non-hydrogen) atoms. The van der Waals surface area contributed by atoms with Gasteiger partial charge in [0, 0.05) is 18.7 Å². The number of hydrogen-bond acceptors (Lipinski definition) is 8. The number of rotatable bonds is 5. The number of nitrogens with one attached hydrogen (secondary N) is 1. The first-order valence-electron chi connectivity index (χ1n) is 8.18. The summed E-state index contributed by atoms with van der Waals surface area (Å²) >= 11 is 0. The number of aryl methyl sites for hydroxylation is 1. The second-order valence-corrected chi connectivity index (χ2v) is 5.88. The van der Waals surface area contributed by atoms with Gasteiger partial charge in [0.25, 0.3) is 0 Å². The van der Waals surface area contributed by atoms with Crippen molar-refractivity contribution in [2.45, 2.75) is 13.0 Å². The number of aliphatic hydroxyl groups excluding tert-OH is 1. The fraction of sp³-hybridized carbons (Fsp3) is 0.167. The second-order valence-electron chi connectivity index (χ2n) is 5.88. The number of aromatic nitrogens is 5. The minimum absolute atomic E-state index is 0.254. The number of anilines is 1. The van der Waals surface area contributed by atoms with Crippen LogP contribution in [0.3, 0.4) is 0 Å². The maximum atomic E-state index is 13.2. The lowest BCUT2D eigenvalue weighted by Gasteiger charge is -2.14. The van der Waals surface area contributed by atoms with Crippen molar-refractivity contribution in [3.63, 3.8) is 0 Å². The molecule has 1 aromatic carbocycles. The lowest BCUT2D eigenvalue weighted by Crippen LogP contribution is -2.17. The molecule has 0 amide bonds. The molecule has 4 rings (SSSR count). The van der Waals surface area contributed by atoms with Crippen LogP contribution >= 0.6 is 0 Å². The van der Waals surface area contributed by atoms with Gasteiger partial charge in [0.05, 0.1) is 12.0 Å². The van der Waals surface area contributed by atoms with Crippen LogP contribution in [0.2, 0.25) is 0 Å². The predicted octanol–water partition coefficient (Wildman–Crippen LogP) is 2.67. The van der Waals surface area contributed by atoms with Crippen molar-refractivity contribution in [2.24, 2.45) is 0 Å². The molecule has 4 aromatic rings. The van der Waals surface area contributed by atoms with Crippen LogP contribution in [-0.2, 0) is 0 Å². The molecule has 1 atom stereocenters. The van der Waals surface area contributed by atoms with Gasteiger partial charge < -0.3 is 14.9 Å². The van der Waals surface area contributed by atoms with Gasteiger partial charge in [-0.25, -0.2) is 19.3 Å². The lowest BCUT2D eigenvalue weighted by molar-refractivity contribution is 0.268. The average Bonchev–Trinajstić information content (AvgIpc) is 3.12. The Hall–Kier alpha value is -3.46. The number of fused-ring (bicyclic) bond motifs is 1. The summed E-state index contributed by atoms with van der Waals surface area (Å²) in [6, 6.07) is 7.38. The van der Waals surface area contributed by atoms with Gasteiger partial charge in [-0.3, -0.25) is 0 Å². The van der Waals surface area contributed by atoms with Gasteiger partial charge in [-0.05, 0) is 23.8 Å². The third-order valence-corrected chi connectivity index (χ3v) is 4.01. The molecule has 0 aliphatic heterocycles. The number of hydrogen-bond donors (Lipinski definition) is 2. The van der Waals surface area contributed by atoms with E-state index in [1.165, 1.54) is 18.5 Å². The molecule has 0 aliphatic carbocycles. The average molecular weight is 366 g/mol. The first-order chi connectivity index (χ1) is 13.1. The van der Waals surface area contributed by atoms with Gasteiger partial charge in [0.1, 0.15) is 24.0 Å². The van der Waals surface area contributed by atoms with Crippen molar-refractivity contribution in [2.75, 3.05) is 11.9 Å². The molecule has 0 aliphatic rings. The number of pyridine rings is 1. The highest BCUT2D eigenvalue weighted by atomic mass is 19.1. The van der Waals surface area contributed by atoms with Crippen LogP contribution in [0, 0.1) is 12.7 Å². The molecule has 0 fully saturated rings. The van der Waals surface area contributed by atoms with Crippen LogP contribution in [0.25, 0.3) is 22.2 Å². The first-order valence-corrected chi connectivity index (χ1v) is 8.18. The third-order valence-electron chi connectivity index (χ3n) is 4.01. The Kier molecular flexibility index (Phi) is 4.43. The summed E-state index contributed by atoms with van der Waals surface area (Å²) in [5, 5.41) is 17.3. The van der Waals surface area contributed by atoms with Gasteiger partial charge in [0.15, 0.2) is 11.5 Å². The second kappa shape index (κ2) is 7.04. The third kappa shape index (κ3) is 3.44. The normalized spacial score (nSPS) is 12.3. The van der Waals surface area contributed by atoms with E-state index in [0.717, 1.165) is 11.1 Å². The zero-order valence-electron chi connectivity index (χ0n) is 14.3. The highest BCUT2D eigenvalue weighted by Gasteiger charge is 2.18. The minimum atomic E-state index is -0.602. The van der Waals surface area contributed by atoms with Crippen molar-refractivity contribution >= 4 is 16.9 Å². The standard InChI is InChI=1S/C18H15FN6O2/c1-10-23-18(25-27-10)15(8-26)24-17-14-6-12(7-20-16(14)21-9-22-17)11-2-4-13(19)5-3-11/h2-7,9,15,26H,8H2,1H3,(H,20,21,22,24). The van der Waals surface area contributed by atoms with Crippen molar-refractivity contribution in [3.8, 4) is 11.1 Å². The summed E-state index contributed by atoms with van der Waals surface area (Å²) in [6.45, 7) is 1.42. The first kappa shape index (κ1) is 17.0. The van der Waals surface area contributed by atoms with E-state index in [1.807, 2.05) is 6.07 Å². The Morgan fingerprint density at radius 1 is 1.15 bits per heavy atom. The fourth-order valence-corrected chi connectivity index (χ4v) is 2.67. The van der Waals surface area contributed by atoms with E-state index in [9.17, 15) is 9.50 Å². The molecule has 0 radical (unpaired) electrons. The molecule has 0 saturated carbocycles. The lowest BCUT2D eigenvalue weighted by atomic mass is 10.1. The molecule has 3 aromatic heterocycles. The van der Waals surface area contributed by atoms with Gasteiger partial charge in [-0.2, -0.15) is 4.98 Å². The van der Waals surface area contributed by atoms with Crippen LogP contribution in [0.1, 0.15) is 17.8 Å². The highest BCUT2D eigenvalue weighted by Crippen LogP contribution is 2.27. The summed E-state index contributed by atoms with van der Waals surface area (Å²) in [6.07, 6.45) is 3.05. The van der Waals surface area contributed by atoms with Crippen LogP contribution in [0.4, 0.5) is 10.2 Å². The molecular formula is C18H15FN6O2. The Balaban J connectivity index is 1.73. The maximum absolute atomic E-state index is 13.2. The number of aliphatic hydroxyl groups is 1. The molecule has 0 saturated heterocycles. The quantitative estimate of drug-likeness (QED) is 0.555. The summed E-state index contributed by atoms with van der Waals surface area (Å²) in [7, 11) is 0. The van der Waals surface area contributed by atoms with Gasteiger partial charge in [-0.1, -0.05) is 17.3 Å². The molecule has 1 unspecified atom stereocenters. The Bertz CT molecular complexity index is 1080. The Morgan fingerprint density at radius 3 is 2.67 bits per heavy atom. The largest absolute Gasteiger partial charge is 0.394 e. The SMILES string of the molecule is Cc1nc(C(CO)Nc2ncnc3ncc(-c4ccc(F)cc4)cc23)no1. The number of halogens is 1. The maximum Gasteiger partial charge on any atom is 0.223 e. The van der Waals surface area contributed by atoms with E-state index >= 15 is 0 Å². The summed E-state index contributed by atoms with van der Waals surface area (Å²) < 4.78 is 18.1. The van der Waals surface area contributed by atoms with E-state index in [2.05, 4.69) is 30.4 Å². The monoisotopic (exact) mass is 366 g/mol. The van der Waals surface area contributed by atoms with Gasteiger partial charge in [0.2, 0.25) is 5.89 Å². The predicted molar refractivity (Wildman–Crippen MR) is 95.2 cm³/mol. The van der Waals surface area contributed by atoms with Gasteiger partial charge >= 0.3 is 0 Å². The van der Waals surface area contributed by atoms with E-state index in [-0.39, 0.29) is 12.4 Å². The number of nitrogens with zero attached hydrogens (tertiary/aromatic N) is 5. The molecule has 3 heterocycles. The highest BCUT2D eigenvalue weighted by molar-refractivity contribution is 5.89.